The molecular weight excluding hydrogens is 449 g/mol. The highest BCUT2D eigenvalue weighted by molar-refractivity contribution is 5.75. The summed E-state index contributed by atoms with van der Waals surface area (Å²) >= 11 is 0. The summed E-state index contributed by atoms with van der Waals surface area (Å²) < 4.78 is 25.8. The molecule has 1 heterocycles. The number of hydrogen-bond acceptors (Lipinski definition) is 4. The second-order valence-corrected chi connectivity index (χ2v) is 9.06. The summed E-state index contributed by atoms with van der Waals surface area (Å²) in [5.41, 5.74) is 4.06. The van der Waals surface area contributed by atoms with Crippen LogP contribution in [0.3, 0.4) is 0 Å². The van der Waals surface area contributed by atoms with Crippen LogP contribution in [0.2, 0.25) is 0 Å². The lowest BCUT2D eigenvalue weighted by atomic mass is 9.89. The quantitative estimate of drug-likeness (QED) is 0.500. The Kier molecular flexibility index (Phi) is 6.16. The highest BCUT2D eigenvalue weighted by Crippen LogP contribution is 2.53. The maximum absolute atomic E-state index is 14.7. The number of carbonyl (C=O) groups is 2. The summed E-state index contributed by atoms with van der Waals surface area (Å²) in [5, 5.41) is 9.16. The molecule has 0 aromatic heterocycles. The predicted molar refractivity (Wildman–Crippen MR) is 128 cm³/mol. The van der Waals surface area contributed by atoms with Crippen molar-refractivity contribution in [2.24, 2.45) is 5.92 Å². The molecule has 3 aromatic rings. The van der Waals surface area contributed by atoms with Crippen LogP contribution in [-0.4, -0.2) is 35.7 Å². The summed E-state index contributed by atoms with van der Waals surface area (Å²) in [6.45, 7) is 0.604. The number of nitrogens with zero attached hydrogens (tertiary/aromatic N) is 1. The predicted octanol–water partition coefficient (Wildman–Crippen LogP) is 5.64. The van der Waals surface area contributed by atoms with Crippen molar-refractivity contribution in [1.82, 2.24) is 4.90 Å². The summed E-state index contributed by atoms with van der Waals surface area (Å²) in [5.74, 6) is 0.301. The van der Waals surface area contributed by atoms with E-state index in [0.29, 0.717) is 24.3 Å². The number of amides is 1. The zero-order valence-corrected chi connectivity index (χ0v) is 19.4. The van der Waals surface area contributed by atoms with E-state index in [1.54, 1.807) is 42.3 Å². The molecule has 1 amide bonds. The van der Waals surface area contributed by atoms with Crippen LogP contribution in [0.15, 0.2) is 60.7 Å². The average Bonchev–Trinajstić information content (AvgIpc) is 3.62. The van der Waals surface area contributed by atoms with Crippen LogP contribution in [0, 0.1) is 11.7 Å². The van der Waals surface area contributed by atoms with Gasteiger partial charge in [0.1, 0.15) is 17.3 Å². The average molecular weight is 476 g/mol. The molecule has 2 aliphatic rings. The fourth-order valence-corrected chi connectivity index (χ4v) is 4.98. The van der Waals surface area contributed by atoms with Crippen molar-refractivity contribution in [3.63, 3.8) is 0 Å². The molecule has 3 aromatic carbocycles. The molecule has 0 bridgehead atoms. The van der Waals surface area contributed by atoms with Crippen LogP contribution >= 0.6 is 0 Å². The first-order valence-corrected chi connectivity index (χ1v) is 11.7. The molecule has 35 heavy (non-hydrogen) atoms. The number of hydrogen-bond donors (Lipinski definition) is 1. The molecular formula is C28H26FNO5. The number of methoxy groups -OCH3 is 1. The van der Waals surface area contributed by atoms with E-state index in [-0.39, 0.29) is 30.6 Å². The van der Waals surface area contributed by atoms with Gasteiger partial charge in [0.15, 0.2) is 0 Å². The number of rotatable bonds is 6. The summed E-state index contributed by atoms with van der Waals surface area (Å²) in [6, 6.07) is 17.9. The third-order valence-corrected chi connectivity index (χ3v) is 6.86. The van der Waals surface area contributed by atoms with Gasteiger partial charge in [-0.2, -0.15) is 0 Å². The molecule has 180 valence electrons. The number of carboxylic acid groups (broad SMARTS) is 1. The summed E-state index contributed by atoms with van der Waals surface area (Å²) in [4.78, 5) is 25.6. The monoisotopic (exact) mass is 475 g/mol. The highest BCUT2D eigenvalue weighted by atomic mass is 19.1. The van der Waals surface area contributed by atoms with Crippen molar-refractivity contribution in [3.8, 4) is 22.6 Å². The third kappa shape index (κ3) is 4.71. The van der Waals surface area contributed by atoms with E-state index in [0.717, 1.165) is 34.4 Å². The van der Waals surface area contributed by atoms with Crippen LogP contribution < -0.4 is 9.47 Å². The lowest BCUT2D eigenvalue weighted by Crippen LogP contribution is -2.38. The molecule has 1 N–H and O–H groups in total. The topological polar surface area (TPSA) is 76.1 Å². The smallest absolute Gasteiger partial charge is 0.415 e. The van der Waals surface area contributed by atoms with Gasteiger partial charge in [0.2, 0.25) is 0 Å². The van der Waals surface area contributed by atoms with Crippen LogP contribution in [-0.2, 0) is 17.8 Å². The van der Waals surface area contributed by atoms with Crippen LogP contribution in [0.5, 0.6) is 11.5 Å². The normalized spacial score (nSPS) is 18.5. The van der Waals surface area contributed by atoms with Gasteiger partial charge >= 0.3 is 12.1 Å². The first kappa shape index (κ1) is 22.9. The van der Waals surface area contributed by atoms with Crippen LogP contribution in [0.4, 0.5) is 9.18 Å². The minimum atomic E-state index is -0.803. The number of benzene rings is 3. The van der Waals surface area contributed by atoms with Gasteiger partial charge in [-0.3, -0.25) is 4.79 Å². The molecule has 6 nitrogen and oxygen atoms in total. The van der Waals surface area contributed by atoms with E-state index in [9.17, 15) is 14.0 Å². The number of carbonyl (C=O) groups excluding carboxylic acids is 1. The van der Waals surface area contributed by atoms with Crippen LogP contribution in [0.25, 0.3) is 11.1 Å². The Bertz CT molecular complexity index is 1280. The van der Waals surface area contributed by atoms with E-state index < -0.39 is 12.1 Å². The van der Waals surface area contributed by atoms with Gasteiger partial charge in [-0.1, -0.05) is 30.3 Å². The zero-order chi connectivity index (χ0) is 24.5. The van der Waals surface area contributed by atoms with Crippen molar-refractivity contribution in [2.75, 3.05) is 13.7 Å². The van der Waals surface area contributed by atoms with Gasteiger partial charge < -0.3 is 19.5 Å². The number of aliphatic carboxylic acids is 1. The Morgan fingerprint density at radius 1 is 1.09 bits per heavy atom. The Hall–Kier alpha value is -3.87. The molecule has 1 aliphatic carbocycles. The lowest BCUT2D eigenvalue weighted by molar-refractivity contribution is -0.137. The van der Waals surface area contributed by atoms with E-state index in [1.807, 2.05) is 24.3 Å². The molecule has 1 aliphatic heterocycles. The Balaban J connectivity index is 1.45. The molecule has 5 rings (SSSR count). The number of halogens is 1. The largest absolute Gasteiger partial charge is 0.496 e. The van der Waals surface area contributed by atoms with Crippen molar-refractivity contribution in [1.29, 1.82) is 0 Å². The van der Waals surface area contributed by atoms with E-state index >= 15 is 0 Å². The number of fused-ring (bicyclic) bond motifs is 1. The fraction of sp³-hybridized carbons (Fsp3) is 0.286. The van der Waals surface area contributed by atoms with Crippen molar-refractivity contribution in [2.45, 2.75) is 31.7 Å². The van der Waals surface area contributed by atoms with Gasteiger partial charge in [-0.15, -0.1) is 0 Å². The van der Waals surface area contributed by atoms with Gasteiger partial charge in [0, 0.05) is 19.5 Å². The highest BCUT2D eigenvalue weighted by Gasteiger charge is 2.41. The van der Waals surface area contributed by atoms with Gasteiger partial charge in [0.25, 0.3) is 0 Å². The van der Waals surface area contributed by atoms with Crippen LogP contribution in [0.1, 0.15) is 35.4 Å². The first-order valence-electron chi connectivity index (χ1n) is 11.7. The zero-order valence-electron chi connectivity index (χ0n) is 19.4. The van der Waals surface area contributed by atoms with Crippen molar-refractivity contribution < 1.29 is 28.6 Å². The Morgan fingerprint density at radius 3 is 2.63 bits per heavy atom. The standard InChI is InChI=1S/C28H26FNO5/c1-34-26-10-7-17(13-23(26)22-14-18(22)15-27(31)32)20-8-9-25(29)21-11-12-30(16-24(20)21)28(33)35-19-5-3-2-4-6-19/h2-10,13,18,22H,11-12,14-16H2,1H3,(H,31,32). The maximum atomic E-state index is 14.7. The summed E-state index contributed by atoms with van der Waals surface area (Å²) in [6.07, 6.45) is 0.849. The molecule has 1 saturated carbocycles. The second kappa shape index (κ2) is 9.41. The number of ether oxygens (including phenoxy) is 2. The molecule has 0 saturated heterocycles. The van der Waals surface area contributed by atoms with Crippen molar-refractivity contribution >= 4 is 12.1 Å². The fourth-order valence-electron chi connectivity index (χ4n) is 4.98. The number of para-hydroxylation sites is 1. The third-order valence-electron chi connectivity index (χ3n) is 6.86. The minimum absolute atomic E-state index is 0.0852. The molecule has 2 unspecified atom stereocenters. The van der Waals surface area contributed by atoms with E-state index in [1.165, 1.54) is 6.07 Å². The van der Waals surface area contributed by atoms with Gasteiger partial charge in [-0.25, -0.2) is 9.18 Å². The van der Waals surface area contributed by atoms with Gasteiger partial charge in [-0.05, 0) is 82.8 Å². The SMILES string of the molecule is COc1ccc(-c2ccc(F)c3c2CN(C(=O)Oc2ccccc2)CC3)cc1C1CC1CC(=O)O. The second-order valence-electron chi connectivity index (χ2n) is 9.06. The Morgan fingerprint density at radius 2 is 1.89 bits per heavy atom. The van der Waals surface area contributed by atoms with Gasteiger partial charge in [0.05, 0.1) is 7.11 Å². The van der Waals surface area contributed by atoms with E-state index in [4.69, 9.17) is 14.6 Å². The molecule has 0 radical (unpaired) electrons. The molecule has 0 spiro atoms. The Labute approximate surface area is 202 Å². The molecule has 2 atom stereocenters. The molecule has 1 fully saturated rings. The maximum Gasteiger partial charge on any atom is 0.415 e. The molecule has 7 heteroatoms. The minimum Gasteiger partial charge on any atom is -0.496 e. The van der Waals surface area contributed by atoms with E-state index in [2.05, 4.69) is 0 Å². The first-order chi connectivity index (χ1) is 16.9. The van der Waals surface area contributed by atoms with Crippen molar-refractivity contribution in [3.05, 3.63) is 83.2 Å². The number of carboxylic acids is 1. The summed E-state index contributed by atoms with van der Waals surface area (Å²) in [7, 11) is 1.60. The lowest BCUT2D eigenvalue weighted by Gasteiger charge is -2.30.